The lowest BCUT2D eigenvalue weighted by Crippen LogP contribution is -2.12. The van der Waals surface area contributed by atoms with E-state index < -0.39 is 4.92 Å². The maximum Gasteiger partial charge on any atom is 0.313 e. The van der Waals surface area contributed by atoms with Crippen molar-refractivity contribution in [1.29, 1.82) is 0 Å². The van der Waals surface area contributed by atoms with Gasteiger partial charge in [-0.3, -0.25) is 14.9 Å². The molecule has 0 aliphatic heterocycles. The Hall–Kier alpha value is -3.58. The Morgan fingerprint density at radius 3 is 2.43 bits per heavy atom. The fourth-order valence-corrected chi connectivity index (χ4v) is 2.68. The van der Waals surface area contributed by atoms with E-state index in [-0.39, 0.29) is 22.4 Å². The largest absolute Gasteiger partial charge is 0.495 e. The van der Waals surface area contributed by atoms with Gasteiger partial charge in [0.05, 0.1) is 22.7 Å². The van der Waals surface area contributed by atoms with Crippen molar-refractivity contribution in [3.63, 3.8) is 0 Å². The third-order valence-corrected chi connectivity index (χ3v) is 4.13. The standard InChI is InChI=1S/C20H15ClN2O5/c1-27-18-8-3-2-6-16(18)22-20(24)13-9-11-14(12-10-13)28-19-15(21)5-4-7-17(19)23(25)26/h2-12H,1H3,(H,22,24). The first-order valence-electron chi connectivity index (χ1n) is 8.15. The van der Waals surface area contributed by atoms with E-state index in [9.17, 15) is 14.9 Å². The summed E-state index contributed by atoms with van der Waals surface area (Å²) >= 11 is 6.02. The van der Waals surface area contributed by atoms with Gasteiger partial charge in [-0.2, -0.15) is 0 Å². The van der Waals surface area contributed by atoms with Crippen LogP contribution < -0.4 is 14.8 Å². The minimum absolute atomic E-state index is 0.0552. The van der Waals surface area contributed by atoms with Crippen LogP contribution in [0.15, 0.2) is 66.7 Å². The molecule has 0 fully saturated rings. The lowest BCUT2D eigenvalue weighted by Gasteiger charge is -2.11. The number of anilines is 1. The molecule has 0 aromatic heterocycles. The van der Waals surface area contributed by atoms with Crippen LogP contribution >= 0.6 is 11.6 Å². The SMILES string of the molecule is COc1ccccc1NC(=O)c1ccc(Oc2c(Cl)cccc2[N+](=O)[O-])cc1. The molecule has 0 aliphatic rings. The summed E-state index contributed by atoms with van der Waals surface area (Å²) in [5.74, 6) is 0.465. The van der Waals surface area contributed by atoms with Crippen LogP contribution in [0.1, 0.15) is 10.4 Å². The average Bonchev–Trinajstić information content (AvgIpc) is 2.70. The second-order valence-corrected chi connectivity index (χ2v) is 6.03. The van der Waals surface area contributed by atoms with Crippen molar-refractivity contribution >= 4 is 28.9 Å². The lowest BCUT2D eigenvalue weighted by atomic mass is 10.2. The summed E-state index contributed by atoms with van der Waals surface area (Å²) in [6, 6.07) is 17.5. The van der Waals surface area contributed by atoms with Gasteiger partial charge in [0, 0.05) is 11.6 Å². The Bertz CT molecular complexity index is 1020. The number of amides is 1. The van der Waals surface area contributed by atoms with Crippen molar-refractivity contribution in [2.75, 3.05) is 12.4 Å². The number of nitro groups is 1. The quantitative estimate of drug-likeness (QED) is 0.449. The van der Waals surface area contributed by atoms with E-state index in [1.165, 1.54) is 37.4 Å². The minimum Gasteiger partial charge on any atom is -0.495 e. The van der Waals surface area contributed by atoms with Gasteiger partial charge in [0.15, 0.2) is 0 Å². The van der Waals surface area contributed by atoms with Crippen LogP contribution in [0.2, 0.25) is 5.02 Å². The number of hydrogen-bond donors (Lipinski definition) is 1. The van der Waals surface area contributed by atoms with Crippen LogP contribution in [0.25, 0.3) is 0 Å². The van der Waals surface area contributed by atoms with E-state index in [1.54, 1.807) is 36.4 Å². The van der Waals surface area contributed by atoms with E-state index in [2.05, 4.69) is 5.32 Å². The highest BCUT2D eigenvalue weighted by Crippen LogP contribution is 2.37. The fraction of sp³-hybridized carbons (Fsp3) is 0.0500. The maximum absolute atomic E-state index is 12.4. The summed E-state index contributed by atoms with van der Waals surface area (Å²) in [4.78, 5) is 23.0. The third-order valence-electron chi connectivity index (χ3n) is 3.83. The third kappa shape index (κ3) is 4.21. The molecule has 0 unspecified atom stereocenters. The molecule has 7 nitrogen and oxygen atoms in total. The summed E-state index contributed by atoms with van der Waals surface area (Å²) in [6.07, 6.45) is 0. The highest BCUT2D eigenvalue weighted by molar-refractivity contribution is 6.32. The normalized spacial score (nSPS) is 10.2. The Morgan fingerprint density at radius 2 is 1.75 bits per heavy atom. The Balaban J connectivity index is 1.77. The van der Waals surface area contributed by atoms with Crippen molar-refractivity contribution in [2.45, 2.75) is 0 Å². The molecule has 0 spiro atoms. The minimum atomic E-state index is -0.573. The van der Waals surface area contributed by atoms with E-state index in [4.69, 9.17) is 21.1 Å². The summed E-state index contributed by atoms with van der Waals surface area (Å²) in [6.45, 7) is 0. The number of rotatable bonds is 6. The molecule has 3 aromatic rings. The zero-order chi connectivity index (χ0) is 20.1. The maximum atomic E-state index is 12.4. The van der Waals surface area contributed by atoms with Crippen molar-refractivity contribution in [3.8, 4) is 17.2 Å². The van der Waals surface area contributed by atoms with Crippen LogP contribution in [-0.2, 0) is 0 Å². The van der Waals surface area contributed by atoms with E-state index in [0.717, 1.165) is 0 Å². The van der Waals surface area contributed by atoms with Crippen LogP contribution in [0.4, 0.5) is 11.4 Å². The molecule has 1 amide bonds. The number of carbonyl (C=O) groups is 1. The molecule has 3 rings (SSSR count). The molecule has 8 heteroatoms. The molecule has 0 saturated heterocycles. The number of carbonyl (C=O) groups excluding carboxylic acids is 1. The van der Waals surface area contributed by atoms with Gasteiger partial charge in [-0.1, -0.05) is 29.8 Å². The summed E-state index contributed by atoms with van der Waals surface area (Å²) < 4.78 is 10.8. The number of para-hydroxylation sites is 3. The van der Waals surface area contributed by atoms with Crippen molar-refractivity contribution in [2.24, 2.45) is 0 Å². The predicted octanol–water partition coefficient (Wildman–Crippen LogP) is 5.30. The average molecular weight is 399 g/mol. The molecule has 142 valence electrons. The van der Waals surface area contributed by atoms with Gasteiger partial charge in [-0.15, -0.1) is 0 Å². The Labute approximate surface area is 165 Å². The van der Waals surface area contributed by atoms with Crippen LogP contribution in [0, 0.1) is 10.1 Å². The topological polar surface area (TPSA) is 90.7 Å². The molecular formula is C20H15ClN2O5. The summed E-state index contributed by atoms with van der Waals surface area (Å²) in [5.41, 5.74) is 0.680. The molecule has 1 N–H and O–H groups in total. The number of ether oxygens (including phenoxy) is 2. The van der Waals surface area contributed by atoms with Crippen LogP contribution in [-0.4, -0.2) is 17.9 Å². The number of nitrogens with one attached hydrogen (secondary N) is 1. The van der Waals surface area contributed by atoms with Crippen molar-refractivity contribution in [1.82, 2.24) is 0 Å². The monoisotopic (exact) mass is 398 g/mol. The van der Waals surface area contributed by atoms with Gasteiger partial charge < -0.3 is 14.8 Å². The number of benzene rings is 3. The van der Waals surface area contributed by atoms with Crippen LogP contribution in [0.3, 0.4) is 0 Å². The summed E-state index contributed by atoms with van der Waals surface area (Å²) in [7, 11) is 1.52. The van der Waals surface area contributed by atoms with Crippen molar-refractivity contribution < 1.29 is 19.2 Å². The van der Waals surface area contributed by atoms with Gasteiger partial charge in [0.2, 0.25) is 5.75 Å². The molecule has 28 heavy (non-hydrogen) atoms. The second kappa shape index (κ2) is 8.41. The molecule has 3 aromatic carbocycles. The molecule has 0 saturated carbocycles. The van der Waals surface area contributed by atoms with Gasteiger partial charge in [0.1, 0.15) is 11.5 Å². The number of halogens is 1. The first-order valence-corrected chi connectivity index (χ1v) is 8.52. The Kier molecular flexibility index (Phi) is 5.76. The summed E-state index contributed by atoms with van der Waals surface area (Å²) in [5, 5.41) is 14.0. The van der Waals surface area contributed by atoms with E-state index >= 15 is 0 Å². The fourth-order valence-electron chi connectivity index (χ4n) is 2.48. The highest BCUT2D eigenvalue weighted by atomic mass is 35.5. The van der Waals surface area contributed by atoms with E-state index in [0.29, 0.717) is 22.7 Å². The predicted molar refractivity (Wildman–Crippen MR) is 106 cm³/mol. The lowest BCUT2D eigenvalue weighted by molar-refractivity contribution is -0.385. The molecular weight excluding hydrogens is 384 g/mol. The van der Waals surface area contributed by atoms with E-state index in [1.807, 2.05) is 0 Å². The first-order chi connectivity index (χ1) is 13.5. The van der Waals surface area contributed by atoms with Gasteiger partial charge in [-0.25, -0.2) is 0 Å². The number of hydrogen-bond acceptors (Lipinski definition) is 5. The first kappa shape index (κ1) is 19.2. The molecule has 0 heterocycles. The molecule has 0 radical (unpaired) electrons. The van der Waals surface area contributed by atoms with Crippen LogP contribution in [0.5, 0.6) is 17.2 Å². The molecule has 0 aliphatic carbocycles. The zero-order valence-electron chi connectivity index (χ0n) is 14.7. The molecule has 0 atom stereocenters. The number of nitrogens with zero attached hydrogens (tertiary/aromatic N) is 1. The van der Waals surface area contributed by atoms with Gasteiger partial charge >= 0.3 is 5.69 Å². The Morgan fingerprint density at radius 1 is 1.04 bits per heavy atom. The molecule has 0 bridgehead atoms. The van der Waals surface area contributed by atoms with Crippen molar-refractivity contribution in [3.05, 3.63) is 87.4 Å². The van der Waals surface area contributed by atoms with Gasteiger partial charge in [-0.05, 0) is 42.5 Å². The highest BCUT2D eigenvalue weighted by Gasteiger charge is 2.19. The zero-order valence-corrected chi connectivity index (χ0v) is 15.5. The smallest absolute Gasteiger partial charge is 0.313 e. The second-order valence-electron chi connectivity index (χ2n) is 5.63. The van der Waals surface area contributed by atoms with Gasteiger partial charge in [0.25, 0.3) is 5.91 Å². The number of nitro benzene ring substituents is 1. The number of methoxy groups -OCH3 is 1.